The summed E-state index contributed by atoms with van der Waals surface area (Å²) in [6, 6.07) is 9.74. The van der Waals surface area contributed by atoms with Crippen molar-refractivity contribution < 1.29 is 23.8 Å². The normalized spacial score (nSPS) is 12.2. The summed E-state index contributed by atoms with van der Waals surface area (Å²) in [5, 5.41) is 0. The van der Waals surface area contributed by atoms with Gasteiger partial charge in [-0.3, -0.25) is 4.79 Å². The van der Waals surface area contributed by atoms with Crippen molar-refractivity contribution in [1.82, 2.24) is 0 Å². The lowest BCUT2D eigenvalue weighted by molar-refractivity contribution is -0.159. The summed E-state index contributed by atoms with van der Waals surface area (Å²) in [6.45, 7) is 12.6. The van der Waals surface area contributed by atoms with E-state index in [1.165, 1.54) is 0 Å². The third-order valence-electron chi connectivity index (χ3n) is 4.32. The minimum absolute atomic E-state index is 0.0153. The van der Waals surface area contributed by atoms with Crippen molar-refractivity contribution in [2.24, 2.45) is 17.8 Å². The lowest BCUT2D eigenvalue weighted by atomic mass is 9.92. The Hall–Kier alpha value is -2.14. The maximum absolute atomic E-state index is 12.4. The molecule has 0 saturated carbocycles. The molecule has 0 aliphatic heterocycles. The zero-order valence-corrected chi connectivity index (χ0v) is 18.6. The third kappa shape index (κ3) is 10.8. The molecule has 1 atom stereocenters. The molecule has 0 spiro atoms. The first-order valence-electron chi connectivity index (χ1n) is 10.4. The Kier molecular flexibility index (Phi) is 11.3. The summed E-state index contributed by atoms with van der Waals surface area (Å²) >= 11 is 0. The Labute approximate surface area is 175 Å². The molecule has 1 rings (SSSR count). The van der Waals surface area contributed by atoms with E-state index >= 15 is 0 Å². The van der Waals surface area contributed by atoms with Gasteiger partial charge in [-0.2, -0.15) is 0 Å². The first-order chi connectivity index (χ1) is 13.7. The second kappa shape index (κ2) is 13.2. The number of esters is 2. The fraction of sp³-hybridized carbons (Fsp3) is 0.583. The van der Waals surface area contributed by atoms with Crippen LogP contribution in [0.3, 0.4) is 0 Å². The average molecular weight is 405 g/mol. The van der Waals surface area contributed by atoms with E-state index in [1.54, 1.807) is 6.08 Å². The van der Waals surface area contributed by atoms with E-state index in [0.29, 0.717) is 13.0 Å². The molecule has 0 unspecified atom stereocenters. The van der Waals surface area contributed by atoms with Crippen molar-refractivity contribution in [2.45, 2.75) is 60.7 Å². The summed E-state index contributed by atoms with van der Waals surface area (Å²) in [5.41, 5.74) is 2.05. The van der Waals surface area contributed by atoms with Gasteiger partial charge >= 0.3 is 11.9 Å². The largest absolute Gasteiger partial charge is 0.462 e. The minimum atomic E-state index is -0.654. The molecule has 1 aromatic rings. The Bertz CT molecular complexity index is 636. The molecule has 0 radical (unpaired) electrons. The van der Waals surface area contributed by atoms with Crippen LogP contribution in [0.15, 0.2) is 42.0 Å². The lowest BCUT2D eigenvalue weighted by Crippen LogP contribution is -2.29. The lowest BCUT2D eigenvalue weighted by Gasteiger charge is -2.19. The van der Waals surface area contributed by atoms with E-state index in [0.717, 1.165) is 11.1 Å². The predicted molar refractivity (Wildman–Crippen MR) is 114 cm³/mol. The Balaban J connectivity index is 2.70. The molecule has 0 aliphatic carbocycles. The van der Waals surface area contributed by atoms with Gasteiger partial charge < -0.3 is 14.2 Å². The second-order valence-electron chi connectivity index (χ2n) is 8.29. The number of benzene rings is 1. The van der Waals surface area contributed by atoms with Crippen LogP contribution in [0.1, 0.15) is 53.5 Å². The first-order valence-corrected chi connectivity index (χ1v) is 10.4. The quantitative estimate of drug-likeness (QED) is 0.365. The van der Waals surface area contributed by atoms with Gasteiger partial charge in [-0.25, -0.2) is 4.79 Å². The molecule has 1 aromatic carbocycles. The van der Waals surface area contributed by atoms with Gasteiger partial charge in [-0.05, 0) is 23.3 Å². The number of ether oxygens (including phenoxy) is 3. The van der Waals surface area contributed by atoms with E-state index in [9.17, 15) is 9.59 Å². The Morgan fingerprint density at radius 3 is 2.10 bits per heavy atom. The minimum Gasteiger partial charge on any atom is -0.462 e. The van der Waals surface area contributed by atoms with Crippen molar-refractivity contribution in [3.63, 3.8) is 0 Å². The molecule has 5 heteroatoms. The van der Waals surface area contributed by atoms with Crippen LogP contribution in [0, 0.1) is 17.8 Å². The molecule has 0 aliphatic rings. The number of hydrogen-bond acceptors (Lipinski definition) is 5. The van der Waals surface area contributed by atoms with Crippen molar-refractivity contribution >= 4 is 11.9 Å². The fourth-order valence-electron chi connectivity index (χ4n) is 2.91. The molecule has 0 amide bonds. The van der Waals surface area contributed by atoms with Crippen LogP contribution in [0.25, 0.3) is 0 Å². The molecular weight excluding hydrogens is 368 g/mol. The summed E-state index contributed by atoms with van der Waals surface area (Å²) < 4.78 is 16.6. The highest BCUT2D eigenvalue weighted by Crippen LogP contribution is 2.19. The van der Waals surface area contributed by atoms with Crippen LogP contribution >= 0.6 is 0 Å². The number of allylic oxidation sites excluding steroid dienone is 1. The number of hydrogen-bond donors (Lipinski definition) is 0. The zero-order chi connectivity index (χ0) is 21.8. The molecule has 162 valence electrons. The second-order valence-corrected chi connectivity index (χ2v) is 8.29. The third-order valence-corrected chi connectivity index (χ3v) is 4.32. The van der Waals surface area contributed by atoms with Crippen LogP contribution in [-0.4, -0.2) is 31.3 Å². The van der Waals surface area contributed by atoms with Gasteiger partial charge in [-0.1, -0.05) is 77.4 Å². The highest BCUT2D eigenvalue weighted by atomic mass is 16.6. The topological polar surface area (TPSA) is 61.8 Å². The number of rotatable bonds is 12. The monoisotopic (exact) mass is 404 g/mol. The Morgan fingerprint density at radius 2 is 1.55 bits per heavy atom. The fourth-order valence-corrected chi connectivity index (χ4v) is 2.91. The van der Waals surface area contributed by atoms with Gasteiger partial charge in [0.25, 0.3) is 0 Å². The van der Waals surface area contributed by atoms with Crippen LogP contribution in [-0.2, 0) is 30.4 Å². The van der Waals surface area contributed by atoms with Gasteiger partial charge in [0, 0.05) is 12.5 Å². The van der Waals surface area contributed by atoms with Gasteiger partial charge in [0.15, 0.2) is 6.10 Å². The zero-order valence-electron chi connectivity index (χ0n) is 18.6. The van der Waals surface area contributed by atoms with E-state index < -0.39 is 12.1 Å². The van der Waals surface area contributed by atoms with Crippen LogP contribution in [0.2, 0.25) is 0 Å². The maximum atomic E-state index is 12.4. The number of carbonyl (C=O) groups excluding carboxylic acids is 2. The van der Waals surface area contributed by atoms with E-state index in [2.05, 4.69) is 0 Å². The van der Waals surface area contributed by atoms with E-state index in [-0.39, 0.29) is 36.9 Å². The Morgan fingerprint density at radius 1 is 0.931 bits per heavy atom. The molecule has 0 saturated heterocycles. The molecule has 0 N–H and O–H groups in total. The van der Waals surface area contributed by atoms with Gasteiger partial charge in [0.2, 0.25) is 0 Å². The van der Waals surface area contributed by atoms with E-state index in [1.807, 2.05) is 71.9 Å². The molecule has 0 bridgehead atoms. The van der Waals surface area contributed by atoms with Crippen LogP contribution in [0.5, 0.6) is 0 Å². The predicted octanol–water partition coefficient (Wildman–Crippen LogP) is 4.94. The van der Waals surface area contributed by atoms with Crippen molar-refractivity contribution in [2.75, 3.05) is 13.2 Å². The smallest absolute Gasteiger partial charge is 0.331 e. The highest BCUT2D eigenvalue weighted by Gasteiger charge is 2.19. The molecule has 0 aromatic heterocycles. The molecule has 29 heavy (non-hydrogen) atoms. The summed E-state index contributed by atoms with van der Waals surface area (Å²) in [4.78, 5) is 24.3. The van der Waals surface area contributed by atoms with Gasteiger partial charge in [0.1, 0.15) is 6.61 Å². The van der Waals surface area contributed by atoms with Crippen molar-refractivity contribution in [3.8, 4) is 0 Å². The van der Waals surface area contributed by atoms with Gasteiger partial charge in [0.05, 0.1) is 13.2 Å². The standard InChI is InChI=1S/C24H36O5/c1-17(2)12-23(25)28-16-21(15-27-14-20-10-8-7-9-11-20)29-24(26)13-22(18(3)4)19(5)6/h7-11,13,17-19,21H,12,14-16H2,1-6H3/t21-/m0/s1. The highest BCUT2D eigenvalue weighted by molar-refractivity contribution is 5.83. The van der Waals surface area contributed by atoms with Crippen LogP contribution < -0.4 is 0 Å². The summed E-state index contributed by atoms with van der Waals surface area (Å²) in [5.74, 6) is -0.0286. The maximum Gasteiger partial charge on any atom is 0.331 e. The van der Waals surface area contributed by atoms with Crippen molar-refractivity contribution in [3.05, 3.63) is 47.5 Å². The SMILES string of the molecule is CC(C)CC(=O)OC[C@H](COCc1ccccc1)OC(=O)C=C(C(C)C)C(C)C. The first kappa shape index (κ1) is 24.9. The molecule has 5 nitrogen and oxygen atoms in total. The van der Waals surface area contributed by atoms with Gasteiger partial charge in [-0.15, -0.1) is 0 Å². The summed E-state index contributed by atoms with van der Waals surface area (Å²) in [6.07, 6.45) is 1.23. The molecule has 0 fully saturated rings. The molecule has 0 heterocycles. The summed E-state index contributed by atoms with van der Waals surface area (Å²) in [7, 11) is 0. The van der Waals surface area contributed by atoms with Crippen LogP contribution in [0.4, 0.5) is 0 Å². The molecular formula is C24H36O5. The number of carbonyl (C=O) groups is 2. The van der Waals surface area contributed by atoms with E-state index in [4.69, 9.17) is 14.2 Å². The van der Waals surface area contributed by atoms with Crippen molar-refractivity contribution in [1.29, 1.82) is 0 Å². The average Bonchev–Trinajstić information content (AvgIpc) is 2.63.